The van der Waals surface area contributed by atoms with Crippen LogP contribution in [-0.4, -0.2) is 30.5 Å². The number of carbonyl (C=O) groups excluding carboxylic acids is 1. The van der Waals surface area contributed by atoms with Crippen LogP contribution in [0.25, 0.3) is 0 Å². The molecular weight excluding hydrogens is 214 g/mol. The van der Waals surface area contributed by atoms with Crippen LogP contribution in [-0.2, 0) is 4.79 Å². The van der Waals surface area contributed by atoms with Crippen LogP contribution in [0.5, 0.6) is 5.75 Å². The van der Waals surface area contributed by atoms with Gasteiger partial charge >= 0.3 is 0 Å². The van der Waals surface area contributed by atoms with Crippen molar-refractivity contribution in [1.82, 2.24) is 4.90 Å². The number of hydrogen-bond acceptors (Lipinski definition) is 2. The van der Waals surface area contributed by atoms with Crippen molar-refractivity contribution in [1.29, 1.82) is 0 Å². The Hall–Kier alpha value is -1.51. The second-order valence-electron chi connectivity index (χ2n) is 4.35. The molecule has 0 unspecified atom stereocenters. The van der Waals surface area contributed by atoms with Gasteiger partial charge < -0.3 is 9.64 Å². The zero-order valence-electron chi connectivity index (χ0n) is 10.1. The van der Waals surface area contributed by atoms with Crippen molar-refractivity contribution in [2.45, 2.75) is 25.7 Å². The summed E-state index contributed by atoms with van der Waals surface area (Å²) in [6.45, 7) is 2.50. The van der Waals surface area contributed by atoms with E-state index in [1.807, 2.05) is 35.2 Å². The summed E-state index contributed by atoms with van der Waals surface area (Å²) in [5.74, 6) is 1.15. The molecule has 1 aliphatic heterocycles. The normalized spacial score (nSPS) is 14.9. The number of benzene rings is 1. The minimum Gasteiger partial charge on any atom is -0.494 e. The number of rotatable bonds is 5. The van der Waals surface area contributed by atoms with Gasteiger partial charge in [0.2, 0.25) is 5.91 Å². The van der Waals surface area contributed by atoms with Crippen LogP contribution < -0.4 is 4.74 Å². The average molecular weight is 233 g/mol. The Balaban J connectivity index is 1.61. The molecule has 1 aromatic carbocycles. The largest absolute Gasteiger partial charge is 0.494 e. The molecule has 0 aliphatic carbocycles. The number of hydrogen-bond donors (Lipinski definition) is 0. The first-order valence-corrected chi connectivity index (χ1v) is 6.32. The van der Waals surface area contributed by atoms with Gasteiger partial charge in [0.25, 0.3) is 0 Å². The fraction of sp³-hybridized carbons (Fsp3) is 0.500. The van der Waals surface area contributed by atoms with Gasteiger partial charge in [-0.25, -0.2) is 0 Å². The van der Waals surface area contributed by atoms with Crippen molar-refractivity contribution in [2.24, 2.45) is 0 Å². The molecule has 0 radical (unpaired) electrons. The molecule has 0 atom stereocenters. The molecule has 92 valence electrons. The van der Waals surface area contributed by atoms with Crippen LogP contribution in [0.1, 0.15) is 25.7 Å². The third kappa shape index (κ3) is 3.77. The molecule has 2 rings (SSSR count). The van der Waals surface area contributed by atoms with E-state index in [1.54, 1.807) is 0 Å². The van der Waals surface area contributed by atoms with Crippen molar-refractivity contribution < 1.29 is 9.53 Å². The Morgan fingerprint density at radius 1 is 1.18 bits per heavy atom. The summed E-state index contributed by atoms with van der Waals surface area (Å²) in [5, 5.41) is 0. The van der Waals surface area contributed by atoms with E-state index in [1.165, 1.54) is 0 Å². The van der Waals surface area contributed by atoms with E-state index in [9.17, 15) is 4.79 Å². The second kappa shape index (κ2) is 6.28. The van der Waals surface area contributed by atoms with Gasteiger partial charge in [0.15, 0.2) is 0 Å². The van der Waals surface area contributed by atoms with Crippen LogP contribution in [0.15, 0.2) is 30.3 Å². The topological polar surface area (TPSA) is 29.5 Å². The smallest absolute Gasteiger partial charge is 0.222 e. The molecule has 3 heteroatoms. The fourth-order valence-corrected chi connectivity index (χ4v) is 2.05. The maximum absolute atomic E-state index is 11.7. The van der Waals surface area contributed by atoms with Crippen LogP contribution in [0.2, 0.25) is 0 Å². The number of amides is 1. The molecule has 1 amide bonds. The number of para-hydroxylation sites is 1. The highest BCUT2D eigenvalue weighted by Gasteiger charge is 2.16. The Labute approximate surface area is 102 Å². The van der Waals surface area contributed by atoms with Crippen LogP contribution in [0.4, 0.5) is 0 Å². The second-order valence-corrected chi connectivity index (χ2v) is 4.35. The van der Waals surface area contributed by atoms with Crippen molar-refractivity contribution in [3.8, 4) is 5.75 Å². The molecular formula is C14H19NO2. The SMILES string of the molecule is O=C(CCCOc1ccccc1)N1CCCC1. The molecule has 0 bridgehead atoms. The van der Waals surface area contributed by atoms with E-state index < -0.39 is 0 Å². The first-order chi connectivity index (χ1) is 8.36. The van der Waals surface area contributed by atoms with Crippen molar-refractivity contribution >= 4 is 5.91 Å². The third-order valence-electron chi connectivity index (χ3n) is 3.01. The molecule has 3 nitrogen and oxygen atoms in total. The minimum absolute atomic E-state index is 0.277. The standard InChI is InChI=1S/C14H19NO2/c16-14(15-10-4-5-11-15)9-6-12-17-13-7-2-1-3-8-13/h1-3,7-8H,4-6,9-12H2. The maximum atomic E-state index is 11.7. The van der Waals surface area contributed by atoms with Gasteiger partial charge in [-0.3, -0.25) is 4.79 Å². The minimum atomic E-state index is 0.277. The summed E-state index contributed by atoms with van der Waals surface area (Å²) in [6.07, 6.45) is 3.72. The molecule has 1 fully saturated rings. The number of ether oxygens (including phenoxy) is 1. The van der Waals surface area contributed by atoms with Gasteiger partial charge in [-0.1, -0.05) is 18.2 Å². The lowest BCUT2D eigenvalue weighted by atomic mass is 10.3. The molecule has 0 saturated carbocycles. The van der Waals surface area contributed by atoms with Gasteiger partial charge in [0.05, 0.1) is 6.61 Å². The first-order valence-electron chi connectivity index (χ1n) is 6.32. The van der Waals surface area contributed by atoms with Crippen LogP contribution in [0, 0.1) is 0 Å². The Morgan fingerprint density at radius 2 is 1.88 bits per heavy atom. The van der Waals surface area contributed by atoms with E-state index in [-0.39, 0.29) is 5.91 Å². The molecule has 1 aliphatic rings. The lowest BCUT2D eigenvalue weighted by Crippen LogP contribution is -2.27. The molecule has 0 N–H and O–H groups in total. The molecule has 1 aromatic rings. The predicted octanol–water partition coefficient (Wildman–Crippen LogP) is 2.47. The van der Waals surface area contributed by atoms with E-state index in [0.29, 0.717) is 13.0 Å². The maximum Gasteiger partial charge on any atom is 0.222 e. The van der Waals surface area contributed by atoms with E-state index in [0.717, 1.165) is 38.1 Å². The monoisotopic (exact) mass is 233 g/mol. The number of likely N-dealkylation sites (tertiary alicyclic amines) is 1. The van der Waals surface area contributed by atoms with Gasteiger partial charge in [-0.05, 0) is 31.4 Å². The number of nitrogens with zero attached hydrogens (tertiary/aromatic N) is 1. The summed E-state index contributed by atoms with van der Waals surface area (Å²) < 4.78 is 5.55. The Kier molecular flexibility index (Phi) is 4.42. The average Bonchev–Trinajstić information content (AvgIpc) is 2.89. The van der Waals surface area contributed by atoms with Gasteiger partial charge in [0.1, 0.15) is 5.75 Å². The first kappa shape index (κ1) is 12.0. The summed E-state index contributed by atoms with van der Waals surface area (Å²) in [7, 11) is 0. The van der Waals surface area contributed by atoms with Gasteiger partial charge in [-0.2, -0.15) is 0 Å². The van der Waals surface area contributed by atoms with E-state index in [2.05, 4.69) is 0 Å². The lowest BCUT2D eigenvalue weighted by molar-refractivity contribution is -0.130. The zero-order valence-corrected chi connectivity index (χ0v) is 10.1. The van der Waals surface area contributed by atoms with Gasteiger partial charge in [-0.15, -0.1) is 0 Å². The Morgan fingerprint density at radius 3 is 2.59 bits per heavy atom. The third-order valence-corrected chi connectivity index (χ3v) is 3.01. The van der Waals surface area contributed by atoms with Gasteiger partial charge in [0, 0.05) is 19.5 Å². The summed E-state index contributed by atoms with van der Waals surface area (Å²) >= 11 is 0. The van der Waals surface area contributed by atoms with Crippen molar-refractivity contribution in [3.05, 3.63) is 30.3 Å². The summed E-state index contributed by atoms with van der Waals surface area (Å²) in [5.41, 5.74) is 0. The number of carbonyl (C=O) groups is 1. The summed E-state index contributed by atoms with van der Waals surface area (Å²) in [4.78, 5) is 13.7. The van der Waals surface area contributed by atoms with Crippen molar-refractivity contribution in [3.63, 3.8) is 0 Å². The molecule has 0 spiro atoms. The van der Waals surface area contributed by atoms with Crippen LogP contribution in [0.3, 0.4) is 0 Å². The molecule has 0 aromatic heterocycles. The lowest BCUT2D eigenvalue weighted by Gasteiger charge is -2.14. The quantitative estimate of drug-likeness (QED) is 0.731. The van der Waals surface area contributed by atoms with E-state index >= 15 is 0 Å². The summed E-state index contributed by atoms with van der Waals surface area (Å²) in [6, 6.07) is 9.73. The highest BCUT2D eigenvalue weighted by atomic mass is 16.5. The zero-order chi connectivity index (χ0) is 11.9. The highest BCUT2D eigenvalue weighted by molar-refractivity contribution is 5.76. The van der Waals surface area contributed by atoms with E-state index in [4.69, 9.17) is 4.74 Å². The Bertz CT molecular complexity index is 344. The van der Waals surface area contributed by atoms with Crippen LogP contribution >= 0.6 is 0 Å². The molecule has 1 saturated heterocycles. The highest BCUT2D eigenvalue weighted by Crippen LogP contribution is 2.11. The molecule has 1 heterocycles. The molecule has 17 heavy (non-hydrogen) atoms. The van der Waals surface area contributed by atoms with Crippen molar-refractivity contribution in [2.75, 3.05) is 19.7 Å². The fourth-order valence-electron chi connectivity index (χ4n) is 2.05. The predicted molar refractivity (Wildman–Crippen MR) is 67.0 cm³/mol.